The number of benzene rings is 2. The molecule has 120 valence electrons. The summed E-state index contributed by atoms with van der Waals surface area (Å²) in [6, 6.07) is 16.2. The molecule has 2 bridgehead atoms. The Bertz CT molecular complexity index is 775. The average molecular weight is 305 g/mol. The number of fused-ring (bicyclic) bond motifs is 8. The van der Waals surface area contributed by atoms with Gasteiger partial charge in [-0.1, -0.05) is 70.2 Å². The molecule has 0 spiro atoms. The fourth-order valence-corrected chi connectivity index (χ4v) is 5.60. The van der Waals surface area contributed by atoms with Crippen LogP contribution in [0.25, 0.3) is 0 Å². The summed E-state index contributed by atoms with van der Waals surface area (Å²) in [5.41, 5.74) is 7.83. The van der Waals surface area contributed by atoms with Gasteiger partial charge in [-0.15, -0.1) is 0 Å². The molecule has 2 aromatic rings. The molecule has 4 rings (SSSR count). The summed E-state index contributed by atoms with van der Waals surface area (Å²) >= 11 is 0. The summed E-state index contributed by atoms with van der Waals surface area (Å²) in [4.78, 5) is 2.68. The van der Waals surface area contributed by atoms with Gasteiger partial charge in [0.15, 0.2) is 0 Å². The Morgan fingerprint density at radius 1 is 0.826 bits per heavy atom. The number of rotatable bonds is 3. The van der Waals surface area contributed by atoms with Gasteiger partial charge in [0, 0.05) is 0 Å². The molecule has 2 aromatic carbocycles. The zero-order chi connectivity index (χ0) is 16.4. The zero-order valence-corrected chi connectivity index (χ0v) is 15.0. The van der Waals surface area contributed by atoms with Crippen molar-refractivity contribution in [1.29, 1.82) is 0 Å². The normalized spacial score (nSPS) is 28.3. The largest absolute Gasteiger partial charge is 0.279 e. The summed E-state index contributed by atoms with van der Waals surface area (Å²) in [7, 11) is 2.34. The molecular weight excluding hydrogens is 278 g/mol. The van der Waals surface area contributed by atoms with Crippen molar-refractivity contribution < 1.29 is 0 Å². The van der Waals surface area contributed by atoms with E-state index < -0.39 is 0 Å². The van der Waals surface area contributed by atoms with Crippen molar-refractivity contribution in [1.82, 2.24) is 4.90 Å². The number of hydrogen-bond donors (Lipinski definition) is 0. The Morgan fingerprint density at radius 2 is 1.39 bits per heavy atom. The maximum Gasteiger partial charge on any atom is 0.0729 e. The van der Waals surface area contributed by atoms with Crippen molar-refractivity contribution in [3.63, 3.8) is 0 Å². The molecule has 0 saturated carbocycles. The first-order valence-electron chi connectivity index (χ1n) is 9.03. The monoisotopic (exact) mass is 305 g/mol. The molecular formula is C22H27N. The molecule has 2 atom stereocenters. The second kappa shape index (κ2) is 4.70. The summed E-state index contributed by atoms with van der Waals surface area (Å²) in [6.07, 6.45) is 2.25. The smallest absolute Gasteiger partial charge is 0.0729 e. The van der Waals surface area contributed by atoms with Crippen LogP contribution in [-0.2, 0) is 11.1 Å². The minimum Gasteiger partial charge on any atom is -0.279 e. The van der Waals surface area contributed by atoms with Crippen LogP contribution in [0.15, 0.2) is 42.5 Å². The van der Waals surface area contributed by atoms with Gasteiger partial charge in [-0.3, -0.25) is 4.90 Å². The molecule has 0 radical (unpaired) electrons. The third-order valence-electron chi connectivity index (χ3n) is 6.56. The van der Waals surface area contributed by atoms with Crippen molar-refractivity contribution in [3.8, 4) is 0 Å². The van der Waals surface area contributed by atoms with Gasteiger partial charge in [0.05, 0.1) is 11.1 Å². The van der Waals surface area contributed by atoms with E-state index in [1.807, 2.05) is 0 Å². The van der Waals surface area contributed by atoms with E-state index >= 15 is 0 Å². The Morgan fingerprint density at radius 3 is 1.96 bits per heavy atom. The SMILES string of the molecule is CCC12c3ccccc3C(CC)(c3c(C(C)C)cccc31)N2C. The van der Waals surface area contributed by atoms with E-state index in [0.29, 0.717) is 5.92 Å². The highest BCUT2D eigenvalue weighted by molar-refractivity contribution is 5.67. The third kappa shape index (κ3) is 1.43. The third-order valence-corrected chi connectivity index (χ3v) is 6.56. The quantitative estimate of drug-likeness (QED) is 0.736. The predicted molar refractivity (Wildman–Crippen MR) is 96.9 cm³/mol. The molecule has 2 unspecified atom stereocenters. The second-order valence-electron chi connectivity index (χ2n) is 7.46. The van der Waals surface area contributed by atoms with Gasteiger partial charge in [0.1, 0.15) is 0 Å². The van der Waals surface area contributed by atoms with E-state index in [4.69, 9.17) is 0 Å². The molecule has 0 aromatic heterocycles. The molecule has 2 aliphatic heterocycles. The molecule has 0 saturated heterocycles. The Hall–Kier alpha value is -1.60. The standard InChI is InChI=1S/C22H27N/c1-6-21-17-12-8-9-13-18(17)22(7-2,23(21)5)20-16(15(3)4)11-10-14-19(20)21/h8-15H,6-7H2,1-5H3. The van der Waals surface area contributed by atoms with E-state index in [1.54, 1.807) is 11.1 Å². The van der Waals surface area contributed by atoms with Crippen LogP contribution >= 0.6 is 0 Å². The molecule has 0 N–H and O–H groups in total. The first-order chi connectivity index (χ1) is 11.1. The zero-order valence-electron chi connectivity index (χ0n) is 15.0. The van der Waals surface area contributed by atoms with Crippen LogP contribution < -0.4 is 0 Å². The fourth-order valence-electron chi connectivity index (χ4n) is 5.60. The van der Waals surface area contributed by atoms with Crippen molar-refractivity contribution in [2.45, 2.75) is 57.5 Å². The molecule has 2 heterocycles. The Labute approximate surface area is 140 Å². The molecule has 1 nitrogen and oxygen atoms in total. The summed E-state index contributed by atoms with van der Waals surface area (Å²) in [6.45, 7) is 9.35. The number of nitrogens with zero attached hydrogens (tertiary/aromatic N) is 1. The average Bonchev–Trinajstić information content (AvgIpc) is 2.94. The van der Waals surface area contributed by atoms with Crippen molar-refractivity contribution in [2.75, 3.05) is 7.05 Å². The Kier molecular flexibility index (Phi) is 3.06. The molecule has 0 amide bonds. The highest BCUT2D eigenvalue weighted by Crippen LogP contribution is 2.65. The van der Waals surface area contributed by atoms with Crippen LogP contribution in [0, 0.1) is 0 Å². The molecule has 1 heteroatoms. The van der Waals surface area contributed by atoms with Gasteiger partial charge in [0.2, 0.25) is 0 Å². The van der Waals surface area contributed by atoms with Gasteiger partial charge in [-0.25, -0.2) is 0 Å². The topological polar surface area (TPSA) is 3.24 Å². The van der Waals surface area contributed by atoms with Gasteiger partial charge in [-0.2, -0.15) is 0 Å². The first kappa shape index (κ1) is 15.0. The maximum atomic E-state index is 2.68. The van der Waals surface area contributed by atoms with Crippen LogP contribution in [0.1, 0.15) is 74.3 Å². The van der Waals surface area contributed by atoms with E-state index in [1.165, 1.54) is 16.7 Å². The second-order valence-corrected chi connectivity index (χ2v) is 7.46. The summed E-state index contributed by atoms with van der Waals surface area (Å²) < 4.78 is 0. The summed E-state index contributed by atoms with van der Waals surface area (Å²) in [5.74, 6) is 0.558. The summed E-state index contributed by atoms with van der Waals surface area (Å²) in [5, 5.41) is 0. The lowest BCUT2D eigenvalue weighted by Crippen LogP contribution is -2.42. The Balaban J connectivity index is 2.17. The minimum atomic E-state index is 0.0444. The van der Waals surface area contributed by atoms with Crippen LogP contribution in [0.4, 0.5) is 0 Å². The highest BCUT2D eigenvalue weighted by Gasteiger charge is 2.63. The van der Waals surface area contributed by atoms with Crippen molar-refractivity contribution in [2.24, 2.45) is 0 Å². The van der Waals surface area contributed by atoms with Crippen molar-refractivity contribution in [3.05, 3.63) is 70.3 Å². The van der Waals surface area contributed by atoms with E-state index in [2.05, 4.69) is 82.1 Å². The van der Waals surface area contributed by atoms with Crippen molar-refractivity contribution >= 4 is 0 Å². The van der Waals surface area contributed by atoms with Gasteiger partial charge in [0.25, 0.3) is 0 Å². The van der Waals surface area contributed by atoms with Crippen LogP contribution in [0.2, 0.25) is 0 Å². The molecule has 2 aliphatic rings. The van der Waals surface area contributed by atoms with Gasteiger partial charge >= 0.3 is 0 Å². The van der Waals surface area contributed by atoms with Crippen LogP contribution in [0.3, 0.4) is 0 Å². The number of hydrogen-bond acceptors (Lipinski definition) is 1. The van der Waals surface area contributed by atoms with Gasteiger partial charge in [-0.05, 0) is 53.6 Å². The predicted octanol–water partition coefficient (Wildman–Crippen LogP) is 5.38. The van der Waals surface area contributed by atoms with Crippen LogP contribution in [0.5, 0.6) is 0 Å². The lowest BCUT2D eigenvalue weighted by molar-refractivity contribution is 0.103. The molecule has 0 aliphatic carbocycles. The van der Waals surface area contributed by atoms with E-state index in [0.717, 1.165) is 12.8 Å². The van der Waals surface area contributed by atoms with E-state index in [-0.39, 0.29) is 11.1 Å². The first-order valence-corrected chi connectivity index (χ1v) is 9.03. The minimum absolute atomic E-state index is 0.0444. The highest BCUT2D eigenvalue weighted by atomic mass is 15.3. The molecule has 0 fully saturated rings. The fraction of sp³-hybridized carbons (Fsp3) is 0.455. The lowest BCUT2D eigenvalue weighted by atomic mass is 9.68. The lowest BCUT2D eigenvalue weighted by Gasteiger charge is -2.37. The molecule has 23 heavy (non-hydrogen) atoms. The van der Waals surface area contributed by atoms with E-state index in [9.17, 15) is 0 Å². The van der Waals surface area contributed by atoms with Gasteiger partial charge < -0.3 is 0 Å². The maximum absolute atomic E-state index is 2.68. The van der Waals surface area contributed by atoms with Crippen LogP contribution in [-0.4, -0.2) is 11.9 Å².